The lowest BCUT2D eigenvalue weighted by molar-refractivity contribution is -0.148. The zero-order chi connectivity index (χ0) is 32.2. The Bertz CT molecular complexity index is 1480. The first-order valence-electron chi connectivity index (χ1n) is 14.3. The fourth-order valence-electron chi connectivity index (χ4n) is 4.75. The van der Waals surface area contributed by atoms with Gasteiger partial charge in [-0.15, -0.1) is 0 Å². The Morgan fingerprint density at radius 3 is 2.42 bits per heavy atom. The molecule has 5 N–H and O–H groups in total. The van der Waals surface area contributed by atoms with Crippen molar-refractivity contribution in [3.8, 4) is 0 Å². The molecule has 3 amide bonds. The molecular weight excluding hydrogens is 556 g/mol. The minimum Gasteiger partial charge on any atom is -0.480 e. The first-order valence-corrected chi connectivity index (χ1v) is 14.3. The van der Waals surface area contributed by atoms with Gasteiger partial charge in [0, 0.05) is 13.6 Å². The van der Waals surface area contributed by atoms with E-state index in [9.17, 15) is 34.2 Å². The number of hydrazine groups is 1. The van der Waals surface area contributed by atoms with Gasteiger partial charge in [0.05, 0.1) is 16.3 Å². The van der Waals surface area contributed by atoms with Crippen molar-refractivity contribution in [2.24, 2.45) is 18.4 Å². The first kappa shape index (κ1) is 33.4. The highest BCUT2D eigenvalue weighted by Crippen LogP contribution is 2.22. The predicted molar refractivity (Wildman–Crippen MR) is 160 cm³/mol. The number of aliphatic hydroxyl groups excluding tert-OH is 1. The van der Waals surface area contributed by atoms with E-state index < -0.39 is 53.3 Å². The third kappa shape index (κ3) is 7.85. The maximum Gasteiger partial charge on any atom is 0.322 e. The zero-order valence-electron chi connectivity index (χ0n) is 25.7. The predicted octanol–water partition coefficient (Wildman–Crippen LogP) is 1.25. The lowest BCUT2D eigenvalue weighted by atomic mass is 9.89. The molecule has 3 rings (SSSR count). The van der Waals surface area contributed by atoms with Crippen molar-refractivity contribution in [3.05, 3.63) is 46.0 Å². The number of hydrogen-bond acceptors (Lipinski definition) is 8. The van der Waals surface area contributed by atoms with E-state index in [1.807, 2.05) is 0 Å². The van der Waals surface area contributed by atoms with Crippen LogP contribution in [0, 0.1) is 11.3 Å². The van der Waals surface area contributed by atoms with Gasteiger partial charge in [-0.25, -0.2) is 10.4 Å². The molecule has 1 saturated heterocycles. The number of aliphatic hydroxyl groups is 1. The van der Waals surface area contributed by atoms with E-state index in [2.05, 4.69) is 21.0 Å². The van der Waals surface area contributed by atoms with Crippen molar-refractivity contribution in [2.75, 3.05) is 6.54 Å². The summed E-state index contributed by atoms with van der Waals surface area (Å²) in [5, 5.41) is 26.3. The highest BCUT2D eigenvalue weighted by atomic mass is 16.4. The highest BCUT2D eigenvalue weighted by molar-refractivity contribution is 5.94. The maximum absolute atomic E-state index is 13.3. The molecule has 0 spiro atoms. The monoisotopic (exact) mass is 598 g/mol. The van der Waals surface area contributed by atoms with E-state index in [1.165, 1.54) is 23.4 Å². The van der Waals surface area contributed by atoms with E-state index in [0.29, 0.717) is 35.9 Å². The van der Waals surface area contributed by atoms with Crippen molar-refractivity contribution >= 4 is 40.7 Å². The van der Waals surface area contributed by atoms with Gasteiger partial charge in [-0.1, -0.05) is 32.1 Å². The van der Waals surface area contributed by atoms with Crippen LogP contribution in [0.4, 0.5) is 0 Å². The Hall–Kier alpha value is -4.10. The number of carbonyl (C=O) groups excluding carboxylic acids is 3. The minimum atomic E-state index is -1.05. The van der Waals surface area contributed by atoms with Crippen LogP contribution in [0.25, 0.3) is 17.0 Å². The number of carboxylic acid groups (broad SMARTS) is 1. The van der Waals surface area contributed by atoms with Crippen molar-refractivity contribution in [3.63, 3.8) is 0 Å². The lowest BCUT2D eigenvalue weighted by Crippen LogP contribution is -2.61. The summed E-state index contributed by atoms with van der Waals surface area (Å²) in [7, 11) is 1.55. The summed E-state index contributed by atoms with van der Waals surface area (Å²) in [4.78, 5) is 67.8. The molecule has 2 aromatic rings. The number of carbonyl (C=O) groups is 4. The third-order valence-corrected chi connectivity index (χ3v) is 7.50. The summed E-state index contributed by atoms with van der Waals surface area (Å²) in [5.74, 6) is -2.53. The van der Waals surface area contributed by atoms with Gasteiger partial charge in [0.15, 0.2) is 0 Å². The molecule has 1 aromatic carbocycles. The molecule has 0 aliphatic carbocycles. The second kappa shape index (κ2) is 13.5. The number of nitrogens with one attached hydrogen (secondary N) is 3. The Balaban J connectivity index is 1.70. The summed E-state index contributed by atoms with van der Waals surface area (Å²) in [6.45, 7) is 10.3. The van der Waals surface area contributed by atoms with Crippen molar-refractivity contribution in [1.82, 2.24) is 30.6 Å². The summed E-state index contributed by atoms with van der Waals surface area (Å²) in [5.41, 5.74) is 2.47. The van der Waals surface area contributed by atoms with Crippen LogP contribution in [0.5, 0.6) is 0 Å². The molecule has 43 heavy (non-hydrogen) atoms. The smallest absolute Gasteiger partial charge is 0.322 e. The quantitative estimate of drug-likeness (QED) is 0.269. The number of fused-ring (bicyclic) bond motifs is 1. The van der Waals surface area contributed by atoms with Gasteiger partial charge in [-0.05, 0) is 64.2 Å². The minimum absolute atomic E-state index is 0.240. The molecule has 4 unspecified atom stereocenters. The average Bonchev–Trinajstić information content (AvgIpc) is 2.95. The summed E-state index contributed by atoms with van der Waals surface area (Å²) in [6, 6.07) is 2.32. The molecule has 0 radical (unpaired) electrons. The number of aliphatic carboxylic acids is 1. The van der Waals surface area contributed by atoms with Crippen LogP contribution in [-0.4, -0.2) is 73.1 Å². The number of rotatable bonds is 10. The van der Waals surface area contributed by atoms with Crippen LogP contribution in [0.2, 0.25) is 0 Å². The second-order valence-corrected chi connectivity index (χ2v) is 11.9. The second-order valence-electron chi connectivity index (χ2n) is 11.9. The molecule has 1 aromatic heterocycles. The number of hydrogen-bond donors (Lipinski definition) is 5. The normalized spacial score (nSPS) is 18.0. The Labute approximate surface area is 250 Å². The number of benzene rings is 1. The number of aromatic nitrogens is 2. The molecule has 13 nitrogen and oxygen atoms in total. The summed E-state index contributed by atoms with van der Waals surface area (Å²) in [6.07, 6.45) is 3.39. The van der Waals surface area contributed by atoms with E-state index in [1.54, 1.807) is 65.1 Å². The fraction of sp³-hybridized carbons (Fsp3) is 0.533. The molecule has 4 atom stereocenters. The lowest BCUT2D eigenvalue weighted by Gasteiger charge is -2.34. The highest BCUT2D eigenvalue weighted by Gasteiger charge is 2.34. The van der Waals surface area contributed by atoms with Gasteiger partial charge in [0.25, 0.3) is 11.5 Å². The molecule has 0 saturated carbocycles. The van der Waals surface area contributed by atoms with Gasteiger partial charge in [-0.3, -0.25) is 33.5 Å². The number of carboxylic acids is 1. The van der Waals surface area contributed by atoms with Crippen LogP contribution < -0.4 is 21.6 Å². The molecule has 13 heteroatoms. The third-order valence-electron chi connectivity index (χ3n) is 7.50. The molecule has 2 heterocycles. The van der Waals surface area contributed by atoms with Crippen molar-refractivity contribution in [2.45, 2.75) is 78.6 Å². The maximum atomic E-state index is 13.3. The van der Waals surface area contributed by atoms with Crippen LogP contribution in [0.1, 0.15) is 71.9 Å². The molecule has 1 aliphatic heterocycles. The van der Waals surface area contributed by atoms with E-state index >= 15 is 0 Å². The summed E-state index contributed by atoms with van der Waals surface area (Å²) < 4.78 is 1.31. The average molecular weight is 599 g/mol. The molecular formula is C30H42N6O7. The Morgan fingerprint density at radius 2 is 1.81 bits per heavy atom. The van der Waals surface area contributed by atoms with Gasteiger partial charge in [-0.2, -0.15) is 0 Å². The van der Waals surface area contributed by atoms with Crippen LogP contribution >= 0.6 is 0 Å². The van der Waals surface area contributed by atoms with Crippen LogP contribution in [0.3, 0.4) is 0 Å². The number of amides is 3. The van der Waals surface area contributed by atoms with Gasteiger partial charge in [0.1, 0.15) is 30.1 Å². The Kier molecular flexibility index (Phi) is 10.5. The molecule has 0 bridgehead atoms. The molecule has 234 valence electrons. The van der Waals surface area contributed by atoms with E-state index in [0.717, 1.165) is 0 Å². The molecule has 1 aliphatic rings. The largest absolute Gasteiger partial charge is 0.480 e. The Morgan fingerprint density at radius 1 is 1.14 bits per heavy atom. The number of nitrogens with zero attached hydrogens (tertiary/aromatic N) is 3. The van der Waals surface area contributed by atoms with E-state index in [-0.39, 0.29) is 17.3 Å². The van der Waals surface area contributed by atoms with Crippen LogP contribution in [-0.2, 0) is 26.2 Å². The zero-order valence-corrected chi connectivity index (χ0v) is 25.7. The molecule has 1 fully saturated rings. The van der Waals surface area contributed by atoms with E-state index in [4.69, 9.17) is 0 Å². The SMILES string of the molecule is CC(NC(=O)C(NC(=O)C(C)(C)C=Cc1ccc2c(=O)n(C)c(C(C)O)nc2c1)C(C)C)C(=O)N1CCCC(C(=O)O)N1. The van der Waals surface area contributed by atoms with Gasteiger partial charge >= 0.3 is 5.97 Å². The van der Waals surface area contributed by atoms with Gasteiger partial charge < -0.3 is 20.8 Å². The standard InChI is InChI=1S/C30H42N6O7/c1-16(2)23(25(38)31-17(3)26(39)36-14-8-9-21(34-36)28(41)42)33-29(43)30(5,6)13-12-19-10-11-20-22(15-19)32-24(18(4)37)35(7)27(20)40/h10-13,15-18,21,23,34,37H,8-9,14H2,1-7H3,(H,31,38)(H,33,43)(H,41,42). The van der Waals surface area contributed by atoms with Crippen molar-refractivity contribution in [1.29, 1.82) is 0 Å². The van der Waals surface area contributed by atoms with Gasteiger partial charge in [0.2, 0.25) is 11.8 Å². The van der Waals surface area contributed by atoms with Crippen LogP contribution in [0.15, 0.2) is 29.1 Å². The first-order chi connectivity index (χ1) is 20.0. The summed E-state index contributed by atoms with van der Waals surface area (Å²) >= 11 is 0. The topological polar surface area (TPSA) is 183 Å². The fourth-order valence-corrected chi connectivity index (χ4v) is 4.75. The van der Waals surface area contributed by atoms with Crippen molar-refractivity contribution < 1.29 is 29.4 Å².